The molecule has 0 aromatic carbocycles. The van der Waals surface area contributed by atoms with Crippen LogP contribution >= 0.6 is 0 Å². The van der Waals surface area contributed by atoms with Crippen LogP contribution in [0.3, 0.4) is 0 Å². The molecule has 2 saturated carbocycles. The Morgan fingerprint density at radius 2 is 1.67 bits per heavy atom. The number of hydrogen-bond acceptors (Lipinski definition) is 3. The van der Waals surface area contributed by atoms with E-state index in [-0.39, 0.29) is 22.7 Å². The fourth-order valence-electron chi connectivity index (χ4n) is 5.85. The van der Waals surface area contributed by atoms with E-state index in [1.807, 2.05) is 13.8 Å². The number of sulfonamides is 1. The fourth-order valence-corrected chi connectivity index (χ4v) is 19.3. The first-order valence-electron chi connectivity index (χ1n) is 11.8. The van der Waals surface area contributed by atoms with Gasteiger partial charge in [0.25, 0.3) is 0 Å². The zero-order chi connectivity index (χ0) is 23.3. The Labute approximate surface area is 192 Å². The second-order valence-electron chi connectivity index (χ2n) is 12.3. The van der Waals surface area contributed by atoms with Gasteiger partial charge in [0.1, 0.15) is 0 Å². The minimum absolute atomic E-state index is 0.0104. The zero-order valence-corrected chi connectivity index (χ0v) is 26.1. The molecule has 0 N–H and O–H groups in total. The van der Waals surface area contributed by atoms with Crippen LogP contribution in [0.5, 0.6) is 0 Å². The third kappa shape index (κ3) is 4.72. The Morgan fingerprint density at radius 3 is 2.07 bits per heavy atom. The molecule has 0 unspecified atom stereocenters. The van der Waals surface area contributed by atoms with Gasteiger partial charge in [0.05, 0.1) is 0 Å². The molecule has 0 aliphatic heterocycles. The summed E-state index contributed by atoms with van der Waals surface area (Å²) in [7, 11) is -4.79. The third-order valence-electron chi connectivity index (χ3n) is 8.30. The van der Waals surface area contributed by atoms with Crippen molar-refractivity contribution in [1.29, 1.82) is 0 Å². The van der Waals surface area contributed by atoms with E-state index in [0.29, 0.717) is 19.0 Å². The summed E-state index contributed by atoms with van der Waals surface area (Å²) in [5.74, 6) is 0.785. The van der Waals surface area contributed by atoms with Gasteiger partial charge in [-0.1, -0.05) is 0 Å². The Kier molecular flexibility index (Phi) is 7.72. The van der Waals surface area contributed by atoms with Crippen molar-refractivity contribution in [2.75, 3.05) is 18.8 Å². The average Bonchev–Trinajstić information content (AvgIpc) is 2.92. The van der Waals surface area contributed by atoms with Crippen LogP contribution in [0.1, 0.15) is 53.9 Å². The molecule has 2 fully saturated rings. The summed E-state index contributed by atoms with van der Waals surface area (Å²) in [4.78, 5) is 7.31. The van der Waals surface area contributed by atoms with E-state index in [2.05, 4.69) is 55.2 Å². The van der Waals surface area contributed by atoms with Crippen LogP contribution in [0.2, 0.25) is 34.5 Å². The Hall–Kier alpha value is 0.466. The van der Waals surface area contributed by atoms with Gasteiger partial charge in [-0.2, -0.15) is 0 Å². The van der Waals surface area contributed by atoms with E-state index in [0.717, 1.165) is 19.3 Å². The molecule has 176 valence electrons. The van der Waals surface area contributed by atoms with Gasteiger partial charge in [-0.15, -0.1) is 0 Å². The zero-order valence-electron chi connectivity index (χ0n) is 21.5. The predicted octanol–water partition coefficient (Wildman–Crippen LogP) is 5.90. The van der Waals surface area contributed by atoms with Gasteiger partial charge in [-0.3, -0.25) is 0 Å². The summed E-state index contributed by atoms with van der Waals surface area (Å²) in [6.07, 6.45) is 3.12. The molecule has 7 heteroatoms. The molecule has 0 radical (unpaired) electrons. The van der Waals surface area contributed by atoms with Gasteiger partial charge in [0.15, 0.2) is 0 Å². The van der Waals surface area contributed by atoms with Crippen molar-refractivity contribution in [2.24, 2.45) is 16.7 Å². The summed E-state index contributed by atoms with van der Waals surface area (Å²) >= 11 is -2.52. The predicted molar refractivity (Wildman–Crippen MR) is 135 cm³/mol. The molecule has 0 spiro atoms. The van der Waals surface area contributed by atoms with Crippen molar-refractivity contribution in [1.82, 2.24) is 4.31 Å². The van der Waals surface area contributed by atoms with Gasteiger partial charge >= 0.3 is 193 Å². The first-order chi connectivity index (χ1) is 13.4. The first-order valence-corrected chi connectivity index (χ1v) is 26.9. The molecule has 2 bridgehead atoms. The Bertz CT molecular complexity index is 775. The topological polar surface area (TPSA) is 46.6 Å². The van der Waals surface area contributed by atoms with Crippen LogP contribution in [0.15, 0.2) is 8.97 Å². The molecule has 0 saturated heterocycles. The normalized spacial score (nSPS) is 30.0. The summed E-state index contributed by atoms with van der Waals surface area (Å²) in [6, 6.07) is 0. The van der Waals surface area contributed by atoms with E-state index in [1.165, 1.54) is 8.97 Å². The molecule has 0 aromatic rings. The van der Waals surface area contributed by atoms with Gasteiger partial charge in [-0.05, 0) is 0 Å². The molecule has 30 heavy (non-hydrogen) atoms. The number of hydrogen-bond donors (Lipinski definition) is 0. The average molecular weight is 564 g/mol. The SMILES string of the molecule is CCN(CC)S(=O)(=O)C[C@]12CC[C@@H](C[C@@H]1O/[C](=C(\C)[Si](C)(C)C)[Sn]([CH3])([CH3])[CH3])C2(C)C. The van der Waals surface area contributed by atoms with Gasteiger partial charge in [-0.25, -0.2) is 0 Å². The second kappa shape index (κ2) is 8.67. The minimum atomic E-state index is -3.31. The van der Waals surface area contributed by atoms with Crippen molar-refractivity contribution >= 4 is 36.5 Å². The standard InChI is InChI=1S/C20H38NO3SSi.3CH3.Sn/c1-9-21(10-2)25(22,23)15-20-12-11-17(19(20,4)5)13-18(20)24-14-16(3)26(6,7)8;;;;/h17-18H,9-13,15H2,1-8H3;3*1H3;/t17-,18-,20+;;;;/m0..../s1. The molecule has 2 aliphatic carbocycles. The van der Waals surface area contributed by atoms with Crippen molar-refractivity contribution in [2.45, 2.75) is 94.4 Å². The van der Waals surface area contributed by atoms with Crippen LogP contribution in [-0.2, 0) is 14.8 Å². The Morgan fingerprint density at radius 1 is 1.13 bits per heavy atom. The maximum atomic E-state index is 13.4. The van der Waals surface area contributed by atoms with Crippen molar-refractivity contribution < 1.29 is 13.2 Å². The van der Waals surface area contributed by atoms with E-state index < -0.39 is 36.5 Å². The number of rotatable bonds is 9. The van der Waals surface area contributed by atoms with Crippen molar-refractivity contribution in [3.63, 3.8) is 0 Å². The third-order valence-corrected chi connectivity index (χ3v) is 19.0. The number of allylic oxidation sites excluding steroid dienone is 1. The van der Waals surface area contributed by atoms with Gasteiger partial charge in [0, 0.05) is 0 Å². The summed E-state index contributed by atoms with van der Waals surface area (Å²) < 4.78 is 36.9. The molecule has 0 heterocycles. The van der Waals surface area contributed by atoms with Crippen LogP contribution in [0.4, 0.5) is 0 Å². The fraction of sp³-hybridized carbons (Fsp3) is 0.913. The van der Waals surface area contributed by atoms with Crippen molar-refractivity contribution in [3.8, 4) is 0 Å². The molecule has 0 amide bonds. The molecule has 2 rings (SSSR count). The van der Waals surface area contributed by atoms with E-state index in [9.17, 15) is 8.42 Å². The molecule has 3 atom stereocenters. The van der Waals surface area contributed by atoms with Gasteiger partial charge in [0.2, 0.25) is 0 Å². The number of ether oxygens (including phenoxy) is 1. The molecular weight excluding hydrogens is 517 g/mol. The molecule has 4 nitrogen and oxygen atoms in total. The molecule has 0 aromatic heterocycles. The maximum absolute atomic E-state index is 13.4. The van der Waals surface area contributed by atoms with Crippen LogP contribution in [0.25, 0.3) is 0 Å². The van der Waals surface area contributed by atoms with Gasteiger partial charge < -0.3 is 0 Å². The van der Waals surface area contributed by atoms with E-state index in [4.69, 9.17) is 4.74 Å². The molecule has 2 aliphatic rings. The van der Waals surface area contributed by atoms with Crippen LogP contribution < -0.4 is 0 Å². The summed E-state index contributed by atoms with van der Waals surface area (Å²) in [5, 5.41) is 1.49. The monoisotopic (exact) mass is 565 g/mol. The quantitative estimate of drug-likeness (QED) is 0.259. The number of fused-ring (bicyclic) bond motifs is 2. The molecular formula is C23H47NO3SSiSn. The van der Waals surface area contributed by atoms with Crippen LogP contribution in [-0.4, -0.2) is 64.1 Å². The van der Waals surface area contributed by atoms with Crippen molar-refractivity contribution in [3.05, 3.63) is 8.97 Å². The first kappa shape index (κ1) is 26.7. The van der Waals surface area contributed by atoms with Crippen LogP contribution in [0, 0.1) is 16.7 Å². The summed E-state index contributed by atoms with van der Waals surface area (Å²) in [5.41, 5.74) is -0.301. The van der Waals surface area contributed by atoms with E-state index >= 15 is 0 Å². The van der Waals surface area contributed by atoms with E-state index in [1.54, 1.807) is 4.31 Å². The second-order valence-corrected chi connectivity index (χ2v) is 33.6. The number of nitrogens with zero attached hydrogens (tertiary/aromatic N) is 1. The Balaban J connectivity index is 2.52. The summed E-state index contributed by atoms with van der Waals surface area (Å²) in [6.45, 7) is 19.1.